The van der Waals surface area contributed by atoms with E-state index in [4.69, 9.17) is 14.6 Å². The number of aliphatic carboxylic acids is 1. The van der Waals surface area contributed by atoms with Crippen LogP contribution in [0.15, 0.2) is 110 Å². The van der Waals surface area contributed by atoms with Crippen LogP contribution in [0.3, 0.4) is 0 Å². The minimum absolute atomic E-state index is 0.0571. The lowest BCUT2D eigenvalue weighted by Gasteiger charge is -2.09. The van der Waals surface area contributed by atoms with Gasteiger partial charge in [-0.1, -0.05) is 40.9 Å². The van der Waals surface area contributed by atoms with Gasteiger partial charge in [0.25, 0.3) is 0 Å². The van der Waals surface area contributed by atoms with Crippen LogP contribution in [0, 0.1) is 0 Å². The van der Waals surface area contributed by atoms with Gasteiger partial charge in [-0.25, -0.2) is 9.97 Å². The van der Waals surface area contributed by atoms with Crippen molar-refractivity contribution >= 4 is 88.3 Å². The second-order valence-corrected chi connectivity index (χ2v) is 14.0. The van der Waals surface area contributed by atoms with E-state index in [2.05, 4.69) is 35.9 Å². The third-order valence-corrected chi connectivity index (χ3v) is 9.54. The molecule has 0 fully saturated rings. The number of ether oxygens (including phenoxy) is 2. The summed E-state index contributed by atoms with van der Waals surface area (Å²) in [5.41, 5.74) is 5.97. The standard InChI is InChI=1S/C24H22N4O4S.C16H15N3O2S/c29-22(26-17-4-1-6-19(14-17)32-11-3-7-23(30)31)13-16-8-9-20-21(12-16)33-24(28-20)27-18-5-2-10-25-15-18;1-2-21-15(20)9-11-5-6-13-14(8-11)22-16(19-13)18-12-4-3-7-17-10-12/h1-2,4-6,8-10,12,14-15H,3,7,11,13H2,(H,26,29)(H,27,28)(H,30,31);3-8,10H,2,9H2,1H3,(H,18,19). The summed E-state index contributed by atoms with van der Waals surface area (Å²) in [6.45, 7) is 2.51. The summed E-state index contributed by atoms with van der Waals surface area (Å²) in [5.74, 6) is -0.620. The summed E-state index contributed by atoms with van der Waals surface area (Å²) < 4.78 is 12.6. The largest absolute Gasteiger partial charge is 0.494 e. The van der Waals surface area contributed by atoms with Crippen molar-refractivity contribution in [1.82, 2.24) is 19.9 Å². The van der Waals surface area contributed by atoms with Crippen molar-refractivity contribution in [2.45, 2.75) is 32.6 Å². The Bertz CT molecular complexity index is 2370. The van der Waals surface area contributed by atoms with Gasteiger partial charge in [0.05, 0.1) is 70.3 Å². The molecule has 4 heterocycles. The molecule has 0 atom stereocenters. The third-order valence-electron chi connectivity index (χ3n) is 7.67. The fourth-order valence-electron chi connectivity index (χ4n) is 5.23. The van der Waals surface area contributed by atoms with Crippen molar-refractivity contribution in [2.24, 2.45) is 0 Å². The fourth-order valence-corrected chi connectivity index (χ4v) is 7.13. The SMILES string of the molecule is CCOC(=O)Cc1ccc2nc(Nc3cccnc3)sc2c1.O=C(O)CCCOc1cccc(NC(=O)Cc2ccc3nc(Nc4cccnc4)sc3c2)c1. The number of esters is 1. The summed E-state index contributed by atoms with van der Waals surface area (Å²) in [6, 6.07) is 26.2. The number of anilines is 5. The Morgan fingerprint density at radius 2 is 1.33 bits per heavy atom. The number of benzene rings is 3. The number of carboxylic acids is 1. The summed E-state index contributed by atoms with van der Waals surface area (Å²) >= 11 is 3.06. The second kappa shape index (κ2) is 19.0. The van der Waals surface area contributed by atoms with Crippen LogP contribution in [0.4, 0.5) is 27.3 Å². The molecule has 7 rings (SSSR count). The first-order chi connectivity index (χ1) is 26.8. The molecular weight excluding hydrogens is 739 g/mol. The van der Waals surface area contributed by atoms with Crippen LogP contribution in [0.2, 0.25) is 0 Å². The van der Waals surface area contributed by atoms with Gasteiger partial charge in [-0.15, -0.1) is 0 Å². The molecule has 15 heteroatoms. The second-order valence-electron chi connectivity index (χ2n) is 12.0. The molecule has 0 aliphatic carbocycles. The summed E-state index contributed by atoms with van der Waals surface area (Å²) in [7, 11) is 0. The number of pyridine rings is 2. The van der Waals surface area contributed by atoms with Gasteiger partial charge in [0.15, 0.2) is 10.3 Å². The number of fused-ring (bicyclic) bond motifs is 2. The molecule has 0 saturated carbocycles. The zero-order valence-corrected chi connectivity index (χ0v) is 31.4. The Labute approximate surface area is 324 Å². The maximum atomic E-state index is 12.6. The summed E-state index contributed by atoms with van der Waals surface area (Å²) in [5, 5.41) is 19.6. The molecule has 0 spiro atoms. The van der Waals surface area contributed by atoms with Crippen LogP contribution in [-0.2, 0) is 32.0 Å². The van der Waals surface area contributed by atoms with Gasteiger partial charge in [-0.05, 0) is 85.1 Å². The van der Waals surface area contributed by atoms with Gasteiger partial charge in [0, 0.05) is 30.6 Å². The van der Waals surface area contributed by atoms with Crippen LogP contribution in [0.5, 0.6) is 5.75 Å². The Hall–Kier alpha value is -6.45. The van der Waals surface area contributed by atoms with Crippen LogP contribution < -0.4 is 20.7 Å². The number of carboxylic acid groups (broad SMARTS) is 1. The highest BCUT2D eigenvalue weighted by molar-refractivity contribution is 7.22. The van der Waals surface area contributed by atoms with Crippen LogP contribution in [0.1, 0.15) is 30.9 Å². The predicted octanol–water partition coefficient (Wildman–Crippen LogP) is 8.40. The van der Waals surface area contributed by atoms with Gasteiger partial charge in [0.1, 0.15) is 5.75 Å². The number of aromatic nitrogens is 4. The highest BCUT2D eigenvalue weighted by Gasteiger charge is 2.11. The molecule has 55 heavy (non-hydrogen) atoms. The van der Waals surface area contributed by atoms with E-state index in [0.29, 0.717) is 31.1 Å². The molecule has 0 bridgehead atoms. The lowest BCUT2D eigenvalue weighted by Crippen LogP contribution is -2.14. The lowest BCUT2D eigenvalue weighted by atomic mass is 10.1. The van der Waals surface area contributed by atoms with E-state index >= 15 is 0 Å². The average molecular weight is 776 g/mol. The molecule has 7 aromatic rings. The Balaban J connectivity index is 0.000000203. The highest BCUT2D eigenvalue weighted by Crippen LogP contribution is 2.30. The van der Waals surface area contributed by atoms with Crippen LogP contribution in [-0.4, -0.2) is 56.1 Å². The molecule has 4 aromatic heterocycles. The molecule has 0 saturated heterocycles. The van der Waals surface area contributed by atoms with Crippen molar-refractivity contribution in [3.05, 3.63) is 121 Å². The maximum absolute atomic E-state index is 12.6. The van der Waals surface area contributed by atoms with Gasteiger partial charge >= 0.3 is 11.9 Å². The fraction of sp³-hybridized carbons (Fsp3) is 0.175. The predicted molar refractivity (Wildman–Crippen MR) is 216 cm³/mol. The maximum Gasteiger partial charge on any atom is 0.310 e. The van der Waals surface area contributed by atoms with E-state index in [9.17, 15) is 14.4 Å². The number of nitrogens with zero attached hydrogens (tertiary/aromatic N) is 4. The van der Waals surface area contributed by atoms with E-state index in [-0.39, 0.29) is 31.1 Å². The lowest BCUT2D eigenvalue weighted by molar-refractivity contribution is -0.142. The zero-order valence-electron chi connectivity index (χ0n) is 29.7. The molecule has 13 nitrogen and oxygen atoms in total. The van der Waals surface area contributed by atoms with Gasteiger partial charge in [-0.2, -0.15) is 0 Å². The molecule has 0 aliphatic rings. The normalized spacial score (nSPS) is 10.6. The van der Waals surface area contributed by atoms with E-state index in [1.165, 1.54) is 11.3 Å². The first kappa shape index (κ1) is 38.3. The molecule has 3 aromatic carbocycles. The number of hydrogen-bond acceptors (Lipinski definition) is 13. The summed E-state index contributed by atoms with van der Waals surface area (Å²) in [6.07, 6.45) is 7.91. The van der Waals surface area contributed by atoms with E-state index in [1.54, 1.807) is 67.3 Å². The minimum Gasteiger partial charge on any atom is -0.494 e. The highest BCUT2D eigenvalue weighted by atomic mass is 32.1. The first-order valence-corrected chi connectivity index (χ1v) is 19.0. The van der Waals surface area contributed by atoms with E-state index < -0.39 is 5.97 Å². The van der Waals surface area contributed by atoms with Gasteiger partial charge in [-0.3, -0.25) is 24.4 Å². The molecule has 0 radical (unpaired) electrons. The summed E-state index contributed by atoms with van der Waals surface area (Å²) in [4.78, 5) is 51.9. The third kappa shape index (κ3) is 11.8. The van der Waals surface area contributed by atoms with E-state index in [0.717, 1.165) is 53.2 Å². The number of amides is 1. The Morgan fingerprint density at radius 1 is 0.727 bits per heavy atom. The quantitative estimate of drug-likeness (QED) is 0.0579. The van der Waals surface area contributed by atoms with Crippen LogP contribution in [0.25, 0.3) is 20.4 Å². The Morgan fingerprint density at radius 3 is 1.89 bits per heavy atom. The number of carbonyl (C=O) groups is 3. The zero-order chi connectivity index (χ0) is 38.4. The number of carbonyl (C=O) groups excluding carboxylic acids is 2. The molecule has 0 unspecified atom stereocenters. The number of thiazole rings is 2. The smallest absolute Gasteiger partial charge is 0.310 e. The first-order valence-electron chi connectivity index (χ1n) is 17.3. The molecule has 0 aliphatic heterocycles. The Kier molecular flexibility index (Phi) is 13.3. The number of nitrogens with one attached hydrogen (secondary N) is 3. The number of rotatable bonds is 15. The molecule has 1 amide bonds. The van der Waals surface area contributed by atoms with Crippen molar-refractivity contribution in [3.8, 4) is 5.75 Å². The van der Waals surface area contributed by atoms with Crippen molar-refractivity contribution in [1.29, 1.82) is 0 Å². The van der Waals surface area contributed by atoms with Crippen molar-refractivity contribution in [3.63, 3.8) is 0 Å². The van der Waals surface area contributed by atoms with Gasteiger partial charge < -0.3 is 30.5 Å². The van der Waals surface area contributed by atoms with Crippen LogP contribution >= 0.6 is 22.7 Å². The van der Waals surface area contributed by atoms with Crippen molar-refractivity contribution < 1.29 is 29.0 Å². The van der Waals surface area contributed by atoms with Gasteiger partial charge in [0.2, 0.25) is 5.91 Å². The average Bonchev–Trinajstić information content (AvgIpc) is 3.77. The number of hydrogen-bond donors (Lipinski definition) is 4. The molecule has 280 valence electrons. The molecule has 4 N–H and O–H groups in total. The minimum atomic E-state index is -0.850. The van der Waals surface area contributed by atoms with E-state index in [1.807, 2.05) is 60.7 Å². The van der Waals surface area contributed by atoms with Crippen molar-refractivity contribution in [2.75, 3.05) is 29.2 Å². The monoisotopic (exact) mass is 775 g/mol. The molecular formula is C40H37N7O6S2. The topological polar surface area (TPSA) is 178 Å².